The van der Waals surface area contributed by atoms with Crippen LogP contribution in [0.25, 0.3) is 0 Å². The quantitative estimate of drug-likeness (QED) is 0.756. The molecule has 0 radical (unpaired) electrons. The maximum atomic E-state index is 12.3. The lowest BCUT2D eigenvalue weighted by Gasteiger charge is -2.15. The lowest BCUT2D eigenvalue weighted by molar-refractivity contribution is -0.123. The van der Waals surface area contributed by atoms with Crippen LogP contribution in [0.3, 0.4) is 0 Å². The fraction of sp³-hybridized carbons (Fsp3) is 0.188. The number of anilines is 1. The van der Waals surface area contributed by atoms with Gasteiger partial charge in [-0.3, -0.25) is 4.79 Å². The molecule has 0 unspecified atom stereocenters. The van der Waals surface area contributed by atoms with E-state index in [-0.39, 0.29) is 22.2 Å². The van der Waals surface area contributed by atoms with Gasteiger partial charge in [-0.15, -0.1) is 0 Å². The minimum atomic E-state index is -1.11. The summed E-state index contributed by atoms with van der Waals surface area (Å²) in [5, 5.41) is 3.29. The Kier molecular flexibility index (Phi) is 6.47. The number of carbonyl (C=O) groups is 2. The van der Waals surface area contributed by atoms with Gasteiger partial charge in [-0.25, -0.2) is 9.78 Å². The lowest BCUT2D eigenvalue weighted by Crippen LogP contribution is -2.30. The molecule has 6 nitrogen and oxygen atoms in total. The third kappa shape index (κ3) is 4.98. The lowest BCUT2D eigenvalue weighted by atomic mass is 10.2. The van der Waals surface area contributed by atoms with Crippen LogP contribution in [0.5, 0.6) is 5.75 Å². The number of nitrogens with one attached hydrogen (secondary N) is 1. The summed E-state index contributed by atoms with van der Waals surface area (Å²) in [5.41, 5.74) is 0.109. The molecule has 0 aliphatic carbocycles. The van der Waals surface area contributed by atoms with E-state index in [4.69, 9.17) is 44.3 Å². The molecule has 1 amide bonds. The zero-order chi connectivity index (χ0) is 18.6. The second kappa shape index (κ2) is 8.38. The first-order valence-corrected chi connectivity index (χ1v) is 8.11. The number of nitrogens with zero attached hydrogens (tertiary/aromatic N) is 1. The fourth-order valence-electron chi connectivity index (χ4n) is 1.84. The SMILES string of the molecule is COc1ccc(Cl)cc1C(=O)O[C@H](C)C(=O)Nc1ncc(Cl)cc1Cl. The van der Waals surface area contributed by atoms with Crippen molar-refractivity contribution >= 4 is 52.5 Å². The van der Waals surface area contributed by atoms with Crippen molar-refractivity contribution in [3.8, 4) is 5.75 Å². The number of rotatable bonds is 5. The number of aromatic nitrogens is 1. The molecule has 1 atom stereocenters. The molecule has 0 fully saturated rings. The van der Waals surface area contributed by atoms with E-state index in [1.165, 1.54) is 38.4 Å². The first kappa shape index (κ1) is 19.3. The van der Waals surface area contributed by atoms with Crippen molar-refractivity contribution in [2.75, 3.05) is 12.4 Å². The Labute approximate surface area is 159 Å². The number of carbonyl (C=O) groups excluding carboxylic acids is 2. The molecule has 0 aliphatic rings. The number of hydrogen-bond acceptors (Lipinski definition) is 5. The van der Waals surface area contributed by atoms with Gasteiger partial charge in [0.25, 0.3) is 5.91 Å². The highest BCUT2D eigenvalue weighted by molar-refractivity contribution is 6.36. The van der Waals surface area contributed by atoms with Gasteiger partial charge >= 0.3 is 5.97 Å². The Morgan fingerprint density at radius 1 is 1.16 bits per heavy atom. The molecule has 1 N–H and O–H groups in total. The summed E-state index contributed by atoms with van der Waals surface area (Å²) < 4.78 is 10.2. The molecule has 0 spiro atoms. The predicted octanol–water partition coefficient (Wildman–Crippen LogP) is 4.23. The number of methoxy groups -OCH3 is 1. The van der Waals surface area contributed by atoms with Crippen LogP contribution in [0.4, 0.5) is 5.82 Å². The molecule has 1 aromatic carbocycles. The van der Waals surface area contributed by atoms with E-state index in [1.54, 1.807) is 6.07 Å². The molecule has 25 heavy (non-hydrogen) atoms. The van der Waals surface area contributed by atoms with E-state index in [9.17, 15) is 9.59 Å². The Bertz CT molecular complexity index is 814. The Morgan fingerprint density at radius 3 is 2.52 bits per heavy atom. The number of esters is 1. The van der Waals surface area contributed by atoms with E-state index < -0.39 is 18.0 Å². The summed E-state index contributed by atoms with van der Waals surface area (Å²) >= 11 is 17.6. The van der Waals surface area contributed by atoms with Gasteiger partial charge < -0.3 is 14.8 Å². The normalized spacial score (nSPS) is 11.6. The largest absolute Gasteiger partial charge is 0.496 e. The number of halogens is 3. The van der Waals surface area contributed by atoms with Crippen molar-refractivity contribution in [1.29, 1.82) is 0 Å². The Morgan fingerprint density at radius 2 is 1.88 bits per heavy atom. The van der Waals surface area contributed by atoms with Gasteiger partial charge in [0.15, 0.2) is 11.9 Å². The van der Waals surface area contributed by atoms with Crippen molar-refractivity contribution < 1.29 is 19.1 Å². The molecule has 0 saturated heterocycles. The van der Waals surface area contributed by atoms with Gasteiger partial charge in [-0.1, -0.05) is 34.8 Å². The van der Waals surface area contributed by atoms with Gasteiger partial charge in [-0.05, 0) is 31.2 Å². The third-order valence-corrected chi connectivity index (χ3v) is 3.81. The van der Waals surface area contributed by atoms with Crippen molar-refractivity contribution in [2.24, 2.45) is 0 Å². The summed E-state index contributed by atoms with van der Waals surface area (Å²) in [5.74, 6) is -0.966. The molecular formula is C16H13Cl3N2O4. The average molecular weight is 404 g/mol. The number of pyridine rings is 1. The van der Waals surface area contributed by atoms with E-state index in [0.29, 0.717) is 10.0 Å². The summed E-state index contributed by atoms with van der Waals surface area (Å²) in [6.07, 6.45) is 0.223. The molecule has 2 rings (SSSR count). The minimum Gasteiger partial charge on any atom is -0.496 e. The van der Waals surface area contributed by atoms with Crippen LogP contribution in [0, 0.1) is 0 Å². The van der Waals surface area contributed by atoms with Crippen LogP contribution in [-0.4, -0.2) is 30.1 Å². The van der Waals surface area contributed by atoms with Gasteiger partial charge in [0.1, 0.15) is 11.3 Å². The third-order valence-electron chi connectivity index (χ3n) is 3.08. The van der Waals surface area contributed by atoms with Gasteiger partial charge in [-0.2, -0.15) is 0 Å². The predicted molar refractivity (Wildman–Crippen MR) is 95.8 cm³/mol. The first-order valence-electron chi connectivity index (χ1n) is 6.98. The molecule has 132 valence electrons. The van der Waals surface area contributed by atoms with E-state index in [0.717, 1.165) is 0 Å². The molecule has 1 aromatic heterocycles. The van der Waals surface area contributed by atoms with Crippen LogP contribution < -0.4 is 10.1 Å². The fourth-order valence-corrected chi connectivity index (χ4v) is 2.44. The Balaban J connectivity index is 2.08. The van der Waals surface area contributed by atoms with Crippen molar-refractivity contribution in [2.45, 2.75) is 13.0 Å². The maximum Gasteiger partial charge on any atom is 0.342 e. The zero-order valence-corrected chi connectivity index (χ0v) is 15.4. The summed E-state index contributed by atoms with van der Waals surface area (Å²) in [6, 6.07) is 5.92. The van der Waals surface area contributed by atoms with Crippen LogP contribution in [0.15, 0.2) is 30.5 Å². The van der Waals surface area contributed by atoms with Crippen LogP contribution in [0.1, 0.15) is 17.3 Å². The topological polar surface area (TPSA) is 77.5 Å². The molecule has 0 bridgehead atoms. The van der Waals surface area contributed by atoms with E-state index in [2.05, 4.69) is 10.3 Å². The minimum absolute atomic E-state index is 0.109. The van der Waals surface area contributed by atoms with Crippen LogP contribution in [0.2, 0.25) is 15.1 Å². The summed E-state index contributed by atoms with van der Waals surface area (Å²) in [7, 11) is 1.41. The zero-order valence-electron chi connectivity index (χ0n) is 13.2. The first-order chi connectivity index (χ1) is 11.8. The maximum absolute atomic E-state index is 12.3. The molecule has 9 heteroatoms. The highest BCUT2D eigenvalue weighted by Crippen LogP contribution is 2.25. The molecule has 0 saturated carbocycles. The molecule has 0 aliphatic heterocycles. The van der Waals surface area contributed by atoms with Crippen LogP contribution >= 0.6 is 34.8 Å². The van der Waals surface area contributed by atoms with Crippen molar-refractivity contribution in [3.63, 3.8) is 0 Å². The number of hydrogen-bond donors (Lipinski definition) is 1. The highest BCUT2D eigenvalue weighted by Gasteiger charge is 2.22. The standard InChI is InChI=1S/C16H13Cl3N2O4/c1-8(15(22)21-14-12(19)6-10(18)7-20-14)25-16(23)11-5-9(17)3-4-13(11)24-2/h3-8H,1-2H3,(H,20,21,22)/t8-/m1/s1. The average Bonchev–Trinajstić information content (AvgIpc) is 2.57. The number of amides is 1. The van der Waals surface area contributed by atoms with E-state index >= 15 is 0 Å². The monoisotopic (exact) mass is 402 g/mol. The summed E-state index contributed by atoms with van der Waals surface area (Å²) in [4.78, 5) is 28.3. The van der Waals surface area contributed by atoms with Crippen molar-refractivity contribution in [3.05, 3.63) is 51.1 Å². The second-order valence-corrected chi connectivity index (χ2v) is 6.15. The van der Waals surface area contributed by atoms with Crippen molar-refractivity contribution in [1.82, 2.24) is 4.98 Å². The molecular weight excluding hydrogens is 391 g/mol. The molecule has 1 heterocycles. The second-order valence-electron chi connectivity index (χ2n) is 4.87. The van der Waals surface area contributed by atoms with Crippen LogP contribution in [-0.2, 0) is 9.53 Å². The number of benzene rings is 1. The van der Waals surface area contributed by atoms with Gasteiger partial charge in [0.2, 0.25) is 0 Å². The summed E-state index contributed by atoms with van der Waals surface area (Å²) in [6.45, 7) is 1.41. The Hall–Kier alpha value is -2.02. The van der Waals surface area contributed by atoms with Gasteiger partial charge in [0.05, 0.1) is 17.2 Å². The van der Waals surface area contributed by atoms with E-state index in [1.807, 2.05) is 0 Å². The smallest absolute Gasteiger partial charge is 0.342 e. The van der Waals surface area contributed by atoms with Gasteiger partial charge in [0, 0.05) is 11.2 Å². The molecule has 2 aromatic rings. The number of ether oxygens (including phenoxy) is 2. The highest BCUT2D eigenvalue weighted by atomic mass is 35.5.